The highest BCUT2D eigenvalue weighted by Gasteiger charge is 2.14. The lowest BCUT2D eigenvalue weighted by molar-refractivity contribution is 0.111. The van der Waals surface area contributed by atoms with Crippen LogP contribution in [0.15, 0.2) is 24.3 Å². The number of aromatic nitrogens is 2. The van der Waals surface area contributed by atoms with E-state index in [4.69, 9.17) is 0 Å². The first-order chi connectivity index (χ1) is 8.11. The van der Waals surface area contributed by atoms with Gasteiger partial charge in [0.2, 0.25) is 0 Å². The van der Waals surface area contributed by atoms with Crippen molar-refractivity contribution in [1.29, 1.82) is 0 Å². The Morgan fingerprint density at radius 3 is 2.71 bits per heavy atom. The van der Waals surface area contributed by atoms with Crippen LogP contribution in [0.25, 0.3) is 11.3 Å². The lowest BCUT2D eigenvalue weighted by Crippen LogP contribution is -1.91. The summed E-state index contributed by atoms with van der Waals surface area (Å²) < 4.78 is 0. The Morgan fingerprint density at radius 1 is 1.35 bits per heavy atom. The molecule has 17 heavy (non-hydrogen) atoms. The Hall–Kier alpha value is -1.90. The van der Waals surface area contributed by atoms with Crippen molar-refractivity contribution in [2.24, 2.45) is 0 Å². The van der Waals surface area contributed by atoms with Gasteiger partial charge < -0.3 is 4.98 Å². The van der Waals surface area contributed by atoms with Gasteiger partial charge in [-0.25, -0.2) is 4.98 Å². The van der Waals surface area contributed by atoms with E-state index in [1.54, 1.807) is 0 Å². The number of H-pyrrole nitrogens is 1. The quantitative estimate of drug-likeness (QED) is 0.819. The number of hydrogen-bond donors (Lipinski definition) is 1. The molecule has 88 valence electrons. The number of rotatable bonds is 3. The van der Waals surface area contributed by atoms with E-state index in [1.807, 2.05) is 25.1 Å². The number of aldehydes is 1. The van der Waals surface area contributed by atoms with Gasteiger partial charge in [-0.1, -0.05) is 37.6 Å². The summed E-state index contributed by atoms with van der Waals surface area (Å²) in [4.78, 5) is 18.2. The third-order valence-corrected chi connectivity index (χ3v) is 2.73. The van der Waals surface area contributed by atoms with Gasteiger partial charge in [0.05, 0.1) is 5.69 Å². The van der Waals surface area contributed by atoms with Crippen LogP contribution >= 0.6 is 0 Å². The molecule has 1 heterocycles. The number of aryl methyl sites for hydroxylation is 1. The van der Waals surface area contributed by atoms with E-state index in [2.05, 4.69) is 29.9 Å². The maximum absolute atomic E-state index is 10.8. The summed E-state index contributed by atoms with van der Waals surface area (Å²) in [6, 6.07) is 8.15. The summed E-state index contributed by atoms with van der Waals surface area (Å²) in [5.41, 5.74) is 4.13. The number of carbonyl (C=O) groups is 1. The molecule has 0 aliphatic rings. The molecule has 3 nitrogen and oxygen atoms in total. The molecule has 0 saturated carbocycles. The van der Waals surface area contributed by atoms with E-state index < -0.39 is 0 Å². The maximum Gasteiger partial charge on any atom is 0.185 e. The lowest BCUT2D eigenvalue weighted by Gasteiger charge is -2.06. The predicted molar refractivity (Wildman–Crippen MR) is 68.2 cm³/mol. The van der Waals surface area contributed by atoms with Crippen molar-refractivity contribution in [1.82, 2.24) is 9.97 Å². The van der Waals surface area contributed by atoms with Crippen molar-refractivity contribution in [3.05, 3.63) is 41.3 Å². The number of aromatic amines is 1. The van der Waals surface area contributed by atoms with Gasteiger partial charge >= 0.3 is 0 Å². The molecule has 0 amide bonds. The summed E-state index contributed by atoms with van der Waals surface area (Å²) in [7, 11) is 0. The van der Waals surface area contributed by atoms with Crippen molar-refractivity contribution in [2.75, 3.05) is 0 Å². The SMILES string of the molecule is Cc1cccc(-c2nc(C=O)[nH]c2C(C)C)c1. The van der Waals surface area contributed by atoms with E-state index in [0.717, 1.165) is 23.2 Å². The number of carbonyl (C=O) groups excluding carboxylic acids is 1. The van der Waals surface area contributed by atoms with Gasteiger partial charge in [0.25, 0.3) is 0 Å². The fourth-order valence-corrected chi connectivity index (χ4v) is 1.89. The van der Waals surface area contributed by atoms with Crippen LogP contribution in [0.3, 0.4) is 0 Å². The molecule has 0 bridgehead atoms. The van der Waals surface area contributed by atoms with Crippen LogP contribution in [-0.4, -0.2) is 16.3 Å². The van der Waals surface area contributed by atoms with Gasteiger partial charge in [0.1, 0.15) is 0 Å². The summed E-state index contributed by atoms with van der Waals surface area (Å²) in [5.74, 6) is 0.705. The Morgan fingerprint density at radius 2 is 2.12 bits per heavy atom. The fraction of sp³-hybridized carbons (Fsp3) is 0.286. The average molecular weight is 228 g/mol. The third kappa shape index (κ3) is 2.28. The van der Waals surface area contributed by atoms with Crippen molar-refractivity contribution < 1.29 is 4.79 Å². The number of nitrogens with one attached hydrogen (secondary N) is 1. The van der Waals surface area contributed by atoms with Crippen LogP contribution in [0, 0.1) is 6.92 Å². The minimum atomic E-state index is 0.312. The molecule has 0 fully saturated rings. The molecule has 3 heteroatoms. The summed E-state index contributed by atoms with van der Waals surface area (Å²) in [6.45, 7) is 6.22. The molecule has 0 atom stereocenters. The highest BCUT2D eigenvalue weighted by Crippen LogP contribution is 2.27. The second-order valence-electron chi connectivity index (χ2n) is 4.53. The molecule has 0 radical (unpaired) electrons. The molecule has 0 spiro atoms. The Labute approximate surface area is 101 Å². The second-order valence-corrected chi connectivity index (χ2v) is 4.53. The number of hydrogen-bond acceptors (Lipinski definition) is 2. The minimum Gasteiger partial charge on any atom is -0.339 e. The molecule has 0 aliphatic heterocycles. The highest BCUT2D eigenvalue weighted by atomic mass is 16.1. The molecule has 1 aromatic carbocycles. The van der Waals surface area contributed by atoms with Gasteiger partial charge in [-0.3, -0.25) is 4.79 Å². The summed E-state index contributed by atoms with van der Waals surface area (Å²) >= 11 is 0. The van der Waals surface area contributed by atoms with Gasteiger partial charge in [-0.2, -0.15) is 0 Å². The van der Waals surface area contributed by atoms with Crippen LogP contribution in [0.4, 0.5) is 0 Å². The Bertz CT molecular complexity index is 541. The second kappa shape index (κ2) is 4.53. The smallest absolute Gasteiger partial charge is 0.185 e. The van der Waals surface area contributed by atoms with Gasteiger partial charge in [0.15, 0.2) is 12.1 Å². The summed E-state index contributed by atoms with van der Waals surface area (Å²) in [5, 5.41) is 0. The average Bonchev–Trinajstić information content (AvgIpc) is 2.73. The van der Waals surface area contributed by atoms with Crippen molar-refractivity contribution in [3.8, 4) is 11.3 Å². The molecule has 2 aromatic rings. The number of nitrogens with zero attached hydrogens (tertiary/aromatic N) is 1. The van der Waals surface area contributed by atoms with Crippen molar-refractivity contribution in [2.45, 2.75) is 26.7 Å². The zero-order valence-electron chi connectivity index (χ0n) is 10.3. The van der Waals surface area contributed by atoms with E-state index in [9.17, 15) is 4.79 Å². The minimum absolute atomic E-state index is 0.312. The van der Waals surface area contributed by atoms with Crippen LogP contribution in [-0.2, 0) is 0 Å². The van der Waals surface area contributed by atoms with Gasteiger partial charge in [-0.15, -0.1) is 0 Å². The van der Waals surface area contributed by atoms with Crippen molar-refractivity contribution in [3.63, 3.8) is 0 Å². The predicted octanol–water partition coefficient (Wildman–Crippen LogP) is 3.32. The molecule has 0 saturated heterocycles. The topological polar surface area (TPSA) is 45.8 Å². The zero-order valence-corrected chi connectivity index (χ0v) is 10.3. The molecule has 0 unspecified atom stereocenters. The standard InChI is InChI=1S/C14H16N2O/c1-9(2)13-14(16-12(8-17)15-13)11-6-4-5-10(3)7-11/h4-9H,1-3H3,(H,15,16). The van der Waals surface area contributed by atoms with E-state index >= 15 is 0 Å². The Kier molecular flexibility index (Phi) is 3.09. The number of benzene rings is 1. The van der Waals surface area contributed by atoms with E-state index in [0.29, 0.717) is 11.7 Å². The monoisotopic (exact) mass is 228 g/mol. The molecular weight excluding hydrogens is 212 g/mol. The Balaban J connectivity index is 2.57. The van der Waals surface area contributed by atoms with Crippen LogP contribution in [0.5, 0.6) is 0 Å². The largest absolute Gasteiger partial charge is 0.339 e. The van der Waals surface area contributed by atoms with E-state index in [1.165, 1.54) is 5.56 Å². The summed E-state index contributed by atoms with van der Waals surface area (Å²) in [6.07, 6.45) is 0.755. The van der Waals surface area contributed by atoms with E-state index in [-0.39, 0.29) is 0 Å². The van der Waals surface area contributed by atoms with Gasteiger partial charge in [0, 0.05) is 11.3 Å². The van der Waals surface area contributed by atoms with Gasteiger partial charge in [-0.05, 0) is 18.9 Å². The molecule has 2 rings (SSSR count). The first-order valence-electron chi connectivity index (χ1n) is 5.74. The van der Waals surface area contributed by atoms with Crippen LogP contribution < -0.4 is 0 Å². The molecule has 1 N–H and O–H groups in total. The normalized spacial score (nSPS) is 10.8. The first-order valence-corrected chi connectivity index (χ1v) is 5.74. The zero-order chi connectivity index (χ0) is 12.4. The van der Waals surface area contributed by atoms with Crippen LogP contribution in [0.1, 0.15) is 41.6 Å². The fourth-order valence-electron chi connectivity index (χ4n) is 1.89. The molecule has 0 aliphatic carbocycles. The molecular formula is C14H16N2O. The third-order valence-electron chi connectivity index (χ3n) is 2.73. The first kappa shape index (κ1) is 11.6. The maximum atomic E-state index is 10.8. The highest BCUT2D eigenvalue weighted by molar-refractivity contribution is 5.73. The number of imidazole rings is 1. The molecule has 1 aromatic heterocycles. The van der Waals surface area contributed by atoms with Crippen molar-refractivity contribution >= 4 is 6.29 Å². The van der Waals surface area contributed by atoms with Crippen LogP contribution in [0.2, 0.25) is 0 Å². The lowest BCUT2D eigenvalue weighted by atomic mass is 10.0.